The van der Waals surface area contributed by atoms with Gasteiger partial charge >= 0.3 is 5.97 Å². The first-order valence-electron chi connectivity index (χ1n) is 4.36. The van der Waals surface area contributed by atoms with Crippen molar-refractivity contribution in [1.82, 2.24) is 5.59 Å². The minimum Gasteiger partial charge on any atom is -0.493 e. The van der Waals surface area contributed by atoms with Crippen LogP contribution < -0.4 is 16.2 Å². The quantitative estimate of drug-likeness (QED) is 0.632. The minimum absolute atomic E-state index is 0.0158. The molecule has 0 aromatic heterocycles. The number of nitrogens with one attached hydrogen (secondary N) is 1. The van der Waals surface area contributed by atoms with Gasteiger partial charge in [0.15, 0.2) is 0 Å². The number of rotatable bonds is 5. The van der Waals surface area contributed by atoms with E-state index in [4.69, 9.17) is 10.6 Å². The second-order valence-electron chi connectivity index (χ2n) is 2.77. The van der Waals surface area contributed by atoms with Gasteiger partial charge in [0.1, 0.15) is 11.6 Å². The molecule has 7 heteroatoms. The molecule has 1 rings (SSSR count). The highest BCUT2D eigenvalue weighted by atomic mass is 79.9. The van der Waals surface area contributed by atoms with E-state index in [0.717, 1.165) is 0 Å². The van der Waals surface area contributed by atoms with E-state index in [2.05, 4.69) is 20.8 Å². The molecule has 0 unspecified atom stereocenters. The number of carbonyl (C=O) groups excluding carboxylic acids is 1. The second kappa shape index (κ2) is 6.41. The Balaban J connectivity index is 2.37. The summed E-state index contributed by atoms with van der Waals surface area (Å²) in [5.41, 5.74) is 1.76. The van der Waals surface area contributed by atoms with Gasteiger partial charge in [0.25, 0.3) is 0 Å². The van der Waals surface area contributed by atoms with Crippen molar-refractivity contribution < 1.29 is 18.8 Å². The molecule has 0 radical (unpaired) electrons. The van der Waals surface area contributed by atoms with E-state index >= 15 is 0 Å². The van der Waals surface area contributed by atoms with E-state index in [-0.39, 0.29) is 13.0 Å². The van der Waals surface area contributed by atoms with E-state index < -0.39 is 11.8 Å². The van der Waals surface area contributed by atoms with Crippen LogP contribution in [0.15, 0.2) is 22.7 Å². The van der Waals surface area contributed by atoms with Gasteiger partial charge in [0.2, 0.25) is 0 Å². The fourth-order valence-electron chi connectivity index (χ4n) is 0.936. The zero-order valence-electron chi connectivity index (χ0n) is 8.20. The summed E-state index contributed by atoms with van der Waals surface area (Å²) in [7, 11) is 0. The number of carbonyl (C=O) groups is 1. The average Bonchev–Trinajstić information content (AvgIpc) is 2.24. The van der Waals surface area contributed by atoms with Gasteiger partial charge in [-0.25, -0.2) is 10.2 Å². The van der Waals surface area contributed by atoms with E-state index in [1.807, 2.05) is 0 Å². The van der Waals surface area contributed by atoms with E-state index in [0.29, 0.717) is 10.2 Å². The molecular formula is C9H10BrFN2O3. The highest BCUT2D eigenvalue weighted by molar-refractivity contribution is 9.10. The smallest absolute Gasteiger partial charge is 0.329 e. The summed E-state index contributed by atoms with van der Waals surface area (Å²) in [5, 5.41) is 0. The maximum absolute atomic E-state index is 13.0. The fourth-order valence-corrected chi connectivity index (χ4v) is 1.18. The summed E-state index contributed by atoms with van der Waals surface area (Å²) >= 11 is 3.01. The van der Waals surface area contributed by atoms with Gasteiger partial charge < -0.3 is 9.57 Å². The molecule has 0 aliphatic carbocycles. The largest absolute Gasteiger partial charge is 0.493 e. The van der Waals surface area contributed by atoms with E-state index in [9.17, 15) is 9.18 Å². The number of ether oxygens (including phenoxy) is 1. The Morgan fingerprint density at radius 1 is 1.56 bits per heavy atom. The van der Waals surface area contributed by atoms with Crippen molar-refractivity contribution in [1.29, 1.82) is 0 Å². The van der Waals surface area contributed by atoms with E-state index in [1.54, 1.807) is 11.7 Å². The summed E-state index contributed by atoms with van der Waals surface area (Å²) in [6.07, 6.45) is 0.0158. The van der Waals surface area contributed by atoms with Crippen LogP contribution in [0, 0.1) is 5.82 Å². The van der Waals surface area contributed by atoms with Crippen molar-refractivity contribution in [3.05, 3.63) is 28.5 Å². The summed E-state index contributed by atoms with van der Waals surface area (Å²) < 4.78 is 18.5. The first-order valence-corrected chi connectivity index (χ1v) is 5.16. The molecule has 0 aliphatic heterocycles. The SMILES string of the molecule is NNOC(=O)CCOc1ccc(Br)c(F)c1. The Labute approximate surface area is 99.8 Å². The molecule has 0 bridgehead atoms. The van der Waals surface area contributed by atoms with Gasteiger partial charge in [-0.1, -0.05) is 5.59 Å². The summed E-state index contributed by atoms with van der Waals surface area (Å²) in [4.78, 5) is 15.1. The highest BCUT2D eigenvalue weighted by Gasteiger charge is 2.04. The molecule has 3 N–H and O–H groups in total. The molecule has 1 aromatic carbocycles. The fraction of sp³-hybridized carbons (Fsp3) is 0.222. The molecule has 0 saturated heterocycles. The molecule has 16 heavy (non-hydrogen) atoms. The average molecular weight is 293 g/mol. The topological polar surface area (TPSA) is 73.6 Å². The lowest BCUT2D eigenvalue weighted by Gasteiger charge is -2.06. The Morgan fingerprint density at radius 2 is 2.31 bits per heavy atom. The summed E-state index contributed by atoms with van der Waals surface area (Å²) in [6, 6.07) is 4.32. The van der Waals surface area contributed by atoms with Crippen molar-refractivity contribution in [3.8, 4) is 5.75 Å². The number of hydrazine groups is 1. The Kier molecular flexibility index (Phi) is 5.17. The molecule has 0 heterocycles. The van der Waals surface area contributed by atoms with Gasteiger partial charge in [-0.2, -0.15) is 0 Å². The normalized spacial score (nSPS) is 9.94. The van der Waals surface area contributed by atoms with Crippen molar-refractivity contribution in [2.24, 2.45) is 5.84 Å². The maximum atomic E-state index is 13.0. The predicted molar refractivity (Wildman–Crippen MR) is 57.6 cm³/mol. The van der Waals surface area contributed by atoms with Gasteiger partial charge in [-0.3, -0.25) is 4.79 Å². The monoisotopic (exact) mass is 292 g/mol. The summed E-state index contributed by atoms with van der Waals surface area (Å²) in [6.45, 7) is 0.0849. The van der Waals surface area contributed by atoms with Crippen LogP contribution in [0.1, 0.15) is 6.42 Å². The number of hydrogen-bond donors (Lipinski definition) is 2. The summed E-state index contributed by atoms with van der Waals surface area (Å²) in [5.74, 6) is 4.12. The van der Waals surface area contributed by atoms with Crippen LogP contribution in [0.4, 0.5) is 4.39 Å². The minimum atomic E-state index is -0.555. The van der Waals surface area contributed by atoms with Crippen LogP contribution in [0.3, 0.4) is 0 Å². The standard InChI is InChI=1S/C9H10BrFN2O3/c10-7-2-1-6(5-8(7)11)15-4-3-9(14)16-13-12/h1-2,5,13H,3-4,12H2. The molecular weight excluding hydrogens is 283 g/mol. The number of nitrogens with two attached hydrogens (primary N) is 1. The lowest BCUT2D eigenvalue weighted by Crippen LogP contribution is -2.26. The molecule has 0 fully saturated rings. The van der Waals surface area contributed by atoms with Gasteiger partial charge in [-0.05, 0) is 28.1 Å². The maximum Gasteiger partial charge on any atom is 0.329 e. The van der Waals surface area contributed by atoms with Crippen molar-refractivity contribution in [2.75, 3.05) is 6.61 Å². The molecule has 0 atom stereocenters. The number of hydrogen-bond acceptors (Lipinski definition) is 5. The van der Waals surface area contributed by atoms with Crippen molar-refractivity contribution in [2.45, 2.75) is 6.42 Å². The lowest BCUT2D eigenvalue weighted by atomic mass is 10.3. The molecule has 5 nitrogen and oxygen atoms in total. The Hall–Kier alpha value is -1.18. The Morgan fingerprint density at radius 3 is 2.94 bits per heavy atom. The van der Waals surface area contributed by atoms with Crippen LogP contribution in [0.25, 0.3) is 0 Å². The molecule has 88 valence electrons. The zero-order chi connectivity index (χ0) is 12.0. The van der Waals surface area contributed by atoms with E-state index in [1.165, 1.54) is 12.1 Å². The predicted octanol–water partition coefficient (Wildman–Crippen LogP) is 1.28. The highest BCUT2D eigenvalue weighted by Crippen LogP contribution is 2.20. The molecule has 0 saturated carbocycles. The van der Waals surface area contributed by atoms with Crippen molar-refractivity contribution >= 4 is 21.9 Å². The zero-order valence-corrected chi connectivity index (χ0v) is 9.79. The van der Waals surface area contributed by atoms with Gasteiger partial charge in [0, 0.05) is 6.07 Å². The van der Waals surface area contributed by atoms with Crippen molar-refractivity contribution in [3.63, 3.8) is 0 Å². The van der Waals surface area contributed by atoms with Gasteiger partial charge in [0.05, 0.1) is 17.5 Å². The second-order valence-corrected chi connectivity index (χ2v) is 3.62. The third-order valence-electron chi connectivity index (χ3n) is 1.64. The van der Waals surface area contributed by atoms with Crippen LogP contribution in [0.5, 0.6) is 5.75 Å². The first kappa shape index (κ1) is 12.9. The Bertz CT molecular complexity index is 376. The van der Waals surface area contributed by atoms with Crippen LogP contribution in [-0.2, 0) is 9.63 Å². The number of halogens is 2. The number of benzene rings is 1. The molecule has 0 aliphatic rings. The van der Waals surface area contributed by atoms with Crippen LogP contribution in [0.2, 0.25) is 0 Å². The molecule has 0 amide bonds. The molecule has 1 aromatic rings. The van der Waals surface area contributed by atoms with Crippen LogP contribution >= 0.6 is 15.9 Å². The van der Waals surface area contributed by atoms with Crippen LogP contribution in [-0.4, -0.2) is 12.6 Å². The lowest BCUT2D eigenvalue weighted by molar-refractivity contribution is -0.151. The molecule has 0 spiro atoms. The third-order valence-corrected chi connectivity index (χ3v) is 2.28. The first-order chi connectivity index (χ1) is 7.63. The van der Waals surface area contributed by atoms with Gasteiger partial charge in [-0.15, -0.1) is 0 Å². The third kappa shape index (κ3) is 4.13.